The monoisotopic (exact) mass is 493 g/mol. The van der Waals surface area contributed by atoms with Crippen molar-refractivity contribution < 1.29 is 23.8 Å². The normalized spacial score (nSPS) is 10.5. The van der Waals surface area contributed by atoms with Crippen LogP contribution in [0.2, 0.25) is 5.02 Å². The lowest BCUT2D eigenvalue weighted by Gasteiger charge is -2.18. The van der Waals surface area contributed by atoms with Crippen molar-refractivity contribution in [2.45, 2.75) is 13.2 Å². The van der Waals surface area contributed by atoms with E-state index in [4.69, 9.17) is 26.2 Å². The van der Waals surface area contributed by atoms with Crippen molar-refractivity contribution in [3.05, 3.63) is 86.6 Å². The molecule has 0 aliphatic carbocycles. The van der Waals surface area contributed by atoms with E-state index < -0.39 is 11.8 Å². The summed E-state index contributed by atoms with van der Waals surface area (Å²) in [6.45, 7) is 0.517. The predicted molar refractivity (Wildman–Crippen MR) is 117 cm³/mol. The summed E-state index contributed by atoms with van der Waals surface area (Å²) in [5.41, 5.74) is 2.41. The van der Waals surface area contributed by atoms with Crippen LogP contribution in [-0.2, 0) is 13.2 Å². The molecule has 0 spiro atoms. The molecule has 0 heterocycles. The molecule has 0 fully saturated rings. The number of rotatable bonds is 8. The van der Waals surface area contributed by atoms with Crippen LogP contribution in [0.25, 0.3) is 0 Å². The second-order valence-corrected chi connectivity index (χ2v) is 7.58. The lowest BCUT2D eigenvalue weighted by atomic mass is 10.1. The molecule has 0 atom stereocenters. The number of carboxylic acids is 1. The van der Waals surface area contributed by atoms with Gasteiger partial charge in [0.2, 0.25) is 0 Å². The number of ether oxygens (including phenoxy) is 2. The van der Waals surface area contributed by atoms with Crippen LogP contribution in [0.4, 0.5) is 10.1 Å². The number of anilines is 1. The molecule has 5 nitrogen and oxygen atoms in total. The zero-order valence-electron chi connectivity index (χ0n) is 15.9. The number of hydrogen-bond donors (Lipinski definition) is 2. The smallest absolute Gasteiger partial charge is 0.335 e. The Hall–Kier alpha value is -2.77. The molecule has 30 heavy (non-hydrogen) atoms. The summed E-state index contributed by atoms with van der Waals surface area (Å²) in [7, 11) is 1.54. The Morgan fingerprint density at radius 1 is 1.17 bits per heavy atom. The van der Waals surface area contributed by atoms with Gasteiger partial charge in [-0.1, -0.05) is 33.6 Å². The van der Waals surface area contributed by atoms with Gasteiger partial charge in [-0.05, 0) is 48.5 Å². The Kier molecular flexibility index (Phi) is 7.18. The van der Waals surface area contributed by atoms with Crippen molar-refractivity contribution in [3.8, 4) is 11.5 Å². The van der Waals surface area contributed by atoms with Gasteiger partial charge in [-0.3, -0.25) is 0 Å². The molecule has 0 radical (unpaired) electrons. The molecule has 156 valence electrons. The highest BCUT2D eigenvalue weighted by Crippen LogP contribution is 2.37. The van der Waals surface area contributed by atoms with Crippen LogP contribution in [0, 0.1) is 5.82 Å². The zero-order chi connectivity index (χ0) is 21.7. The maximum absolute atomic E-state index is 13.3. The van der Waals surface area contributed by atoms with Crippen LogP contribution in [0.1, 0.15) is 21.5 Å². The van der Waals surface area contributed by atoms with Gasteiger partial charge < -0.3 is 19.9 Å². The quantitative estimate of drug-likeness (QED) is 0.394. The first kappa shape index (κ1) is 21.9. The van der Waals surface area contributed by atoms with Crippen LogP contribution >= 0.6 is 27.5 Å². The summed E-state index contributed by atoms with van der Waals surface area (Å²) >= 11 is 9.64. The summed E-state index contributed by atoms with van der Waals surface area (Å²) in [6.07, 6.45) is 0. The van der Waals surface area contributed by atoms with Crippen molar-refractivity contribution in [1.29, 1.82) is 0 Å². The van der Waals surface area contributed by atoms with Gasteiger partial charge in [-0.15, -0.1) is 0 Å². The highest BCUT2D eigenvalue weighted by molar-refractivity contribution is 9.10. The van der Waals surface area contributed by atoms with Gasteiger partial charge in [0.1, 0.15) is 12.4 Å². The Balaban J connectivity index is 1.81. The average molecular weight is 495 g/mol. The zero-order valence-corrected chi connectivity index (χ0v) is 18.3. The molecular weight excluding hydrogens is 477 g/mol. The van der Waals surface area contributed by atoms with Gasteiger partial charge in [0.15, 0.2) is 11.5 Å². The molecular formula is C22H18BrClFNO4. The van der Waals surface area contributed by atoms with E-state index in [0.29, 0.717) is 23.6 Å². The van der Waals surface area contributed by atoms with E-state index in [1.165, 1.54) is 24.3 Å². The molecule has 2 N–H and O–H groups in total. The van der Waals surface area contributed by atoms with Gasteiger partial charge in [0, 0.05) is 27.8 Å². The molecule has 3 rings (SSSR count). The van der Waals surface area contributed by atoms with Gasteiger partial charge in [0.25, 0.3) is 0 Å². The molecule has 0 aliphatic heterocycles. The fraction of sp³-hybridized carbons (Fsp3) is 0.136. The third kappa shape index (κ3) is 5.23. The number of aromatic carboxylic acids is 1. The number of halogens is 3. The predicted octanol–water partition coefficient (Wildman–Crippen LogP) is 6.14. The number of nitrogens with one attached hydrogen (secondary N) is 1. The minimum atomic E-state index is -0.979. The van der Waals surface area contributed by atoms with Crippen LogP contribution in [0.3, 0.4) is 0 Å². The number of hydrogen-bond acceptors (Lipinski definition) is 4. The molecule has 0 saturated carbocycles. The second kappa shape index (κ2) is 9.82. The molecule has 0 saturated heterocycles. The van der Waals surface area contributed by atoms with Crippen LogP contribution in [0.15, 0.2) is 59.1 Å². The van der Waals surface area contributed by atoms with Crippen molar-refractivity contribution in [1.82, 2.24) is 0 Å². The van der Waals surface area contributed by atoms with Crippen LogP contribution in [-0.4, -0.2) is 18.2 Å². The second-order valence-electron chi connectivity index (χ2n) is 6.32. The summed E-state index contributed by atoms with van der Waals surface area (Å²) in [5.74, 6) is -0.341. The largest absolute Gasteiger partial charge is 0.493 e. The Morgan fingerprint density at radius 3 is 2.53 bits per heavy atom. The SMILES string of the molecule is COc1ccc(Br)c(CNc2ccc(C(=O)O)cc2)c1OCc1ccc(F)cc1Cl. The van der Waals surface area contributed by atoms with E-state index in [9.17, 15) is 9.18 Å². The number of benzene rings is 3. The van der Waals surface area contributed by atoms with E-state index in [2.05, 4.69) is 21.2 Å². The van der Waals surface area contributed by atoms with Gasteiger partial charge in [-0.2, -0.15) is 0 Å². The fourth-order valence-electron chi connectivity index (χ4n) is 2.78. The molecule has 0 aliphatic rings. The topological polar surface area (TPSA) is 67.8 Å². The van der Waals surface area contributed by atoms with Crippen molar-refractivity contribution in [2.24, 2.45) is 0 Å². The Bertz CT molecular complexity index is 1060. The van der Waals surface area contributed by atoms with Gasteiger partial charge in [0.05, 0.1) is 17.7 Å². The standard InChI is InChI=1S/C22H18BrClFNO4/c1-29-20-9-8-18(23)17(11-26-16-6-3-13(4-7-16)22(27)28)21(20)30-12-14-2-5-15(25)10-19(14)24/h2-10,26H,11-12H2,1H3,(H,27,28). The minimum absolute atomic E-state index is 0.131. The molecule has 0 bridgehead atoms. The first-order valence-corrected chi connectivity index (χ1v) is 10.1. The third-order valence-electron chi connectivity index (χ3n) is 4.38. The van der Waals surface area contributed by atoms with Crippen molar-refractivity contribution in [3.63, 3.8) is 0 Å². The molecule has 0 amide bonds. The number of methoxy groups -OCH3 is 1. The third-order valence-corrected chi connectivity index (χ3v) is 5.47. The number of carboxylic acid groups (broad SMARTS) is 1. The maximum Gasteiger partial charge on any atom is 0.335 e. The highest BCUT2D eigenvalue weighted by atomic mass is 79.9. The summed E-state index contributed by atoms with van der Waals surface area (Å²) in [6, 6.07) is 14.2. The summed E-state index contributed by atoms with van der Waals surface area (Å²) in [5, 5.41) is 12.5. The maximum atomic E-state index is 13.3. The molecule has 3 aromatic rings. The van der Waals surface area contributed by atoms with Gasteiger partial charge in [-0.25, -0.2) is 9.18 Å². The fourth-order valence-corrected chi connectivity index (χ4v) is 3.45. The Morgan fingerprint density at radius 2 is 1.90 bits per heavy atom. The van der Waals surface area contributed by atoms with E-state index in [0.717, 1.165) is 15.7 Å². The first-order valence-electron chi connectivity index (χ1n) is 8.88. The van der Waals surface area contributed by atoms with Crippen LogP contribution < -0.4 is 14.8 Å². The van der Waals surface area contributed by atoms with Crippen LogP contribution in [0.5, 0.6) is 11.5 Å². The van der Waals surface area contributed by atoms with Gasteiger partial charge >= 0.3 is 5.97 Å². The summed E-state index contributed by atoms with van der Waals surface area (Å²) in [4.78, 5) is 11.0. The van der Waals surface area contributed by atoms with Crippen molar-refractivity contribution >= 4 is 39.2 Å². The Labute approximate surface area is 186 Å². The minimum Gasteiger partial charge on any atom is -0.493 e. The van der Waals surface area contributed by atoms with E-state index in [-0.39, 0.29) is 17.2 Å². The van der Waals surface area contributed by atoms with Crippen molar-refractivity contribution in [2.75, 3.05) is 12.4 Å². The van der Waals surface area contributed by atoms with E-state index in [1.54, 1.807) is 31.4 Å². The number of carbonyl (C=O) groups is 1. The lowest BCUT2D eigenvalue weighted by Crippen LogP contribution is -2.07. The first-order chi connectivity index (χ1) is 14.4. The average Bonchev–Trinajstić information content (AvgIpc) is 2.73. The molecule has 8 heteroatoms. The van der Waals surface area contributed by atoms with E-state index >= 15 is 0 Å². The van der Waals surface area contributed by atoms with E-state index in [1.807, 2.05) is 6.07 Å². The molecule has 3 aromatic carbocycles. The summed E-state index contributed by atoms with van der Waals surface area (Å²) < 4.78 is 25.5. The molecule has 0 aromatic heterocycles. The highest BCUT2D eigenvalue weighted by Gasteiger charge is 2.16. The lowest BCUT2D eigenvalue weighted by molar-refractivity contribution is 0.0697. The molecule has 0 unspecified atom stereocenters.